The molecule has 1 atom stereocenters. The van der Waals surface area contributed by atoms with Crippen molar-refractivity contribution in [3.8, 4) is 0 Å². The third kappa shape index (κ3) is 8.86. The first kappa shape index (κ1) is 26.4. The van der Waals surface area contributed by atoms with Crippen LogP contribution in [0.5, 0.6) is 0 Å². The van der Waals surface area contributed by atoms with E-state index in [1.807, 2.05) is 7.05 Å². The van der Waals surface area contributed by atoms with Gasteiger partial charge in [0.2, 0.25) is 0 Å². The van der Waals surface area contributed by atoms with E-state index in [1.54, 1.807) is 0 Å². The minimum atomic E-state index is 0. The zero-order chi connectivity index (χ0) is 21.2. The third-order valence-corrected chi connectivity index (χ3v) is 6.60. The maximum absolute atomic E-state index is 4.40. The van der Waals surface area contributed by atoms with E-state index in [9.17, 15) is 0 Å². The Kier molecular flexibility index (Phi) is 12.1. The Morgan fingerprint density at radius 2 is 1.55 bits per heavy atom. The fourth-order valence-corrected chi connectivity index (χ4v) is 4.44. The summed E-state index contributed by atoms with van der Waals surface area (Å²) < 4.78 is 0. The van der Waals surface area contributed by atoms with Crippen molar-refractivity contribution in [1.82, 2.24) is 25.3 Å². The van der Waals surface area contributed by atoms with E-state index in [4.69, 9.17) is 0 Å². The van der Waals surface area contributed by atoms with E-state index in [-0.39, 0.29) is 24.0 Å². The third-order valence-electron chi connectivity index (χ3n) is 6.60. The zero-order valence-electron chi connectivity index (χ0n) is 19.8. The zero-order valence-corrected chi connectivity index (χ0v) is 22.1. The lowest BCUT2D eigenvalue weighted by atomic mass is 10.1. The molecule has 2 aliphatic rings. The predicted octanol–water partition coefficient (Wildman–Crippen LogP) is 2.98. The number of aliphatic imine (C=N–C) groups is 1. The van der Waals surface area contributed by atoms with E-state index in [0.717, 1.165) is 45.2 Å². The molecule has 0 bridgehead atoms. The summed E-state index contributed by atoms with van der Waals surface area (Å²) in [7, 11) is 1.85. The van der Waals surface area contributed by atoms with Crippen molar-refractivity contribution in [2.45, 2.75) is 52.2 Å². The van der Waals surface area contributed by atoms with Gasteiger partial charge in [0.15, 0.2) is 5.96 Å². The Morgan fingerprint density at radius 3 is 2.16 bits per heavy atom. The van der Waals surface area contributed by atoms with Gasteiger partial charge >= 0.3 is 0 Å². The number of piperazine rings is 1. The van der Waals surface area contributed by atoms with Crippen molar-refractivity contribution in [1.29, 1.82) is 0 Å². The number of hydrogen-bond donors (Lipinski definition) is 2. The highest BCUT2D eigenvalue weighted by atomic mass is 127. The van der Waals surface area contributed by atoms with Crippen molar-refractivity contribution in [3.63, 3.8) is 0 Å². The topological polar surface area (TPSA) is 46.1 Å². The Morgan fingerprint density at radius 1 is 0.903 bits per heavy atom. The highest BCUT2D eigenvalue weighted by Gasteiger charge is 2.20. The molecule has 1 aromatic rings. The van der Waals surface area contributed by atoms with Gasteiger partial charge in [-0.25, -0.2) is 0 Å². The second-order valence-corrected chi connectivity index (χ2v) is 8.78. The van der Waals surface area contributed by atoms with Crippen molar-refractivity contribution in [2.24, 2.45) is 4.99 Å². The van der Waals surface area contributed by atoms with Crippen LogP contribution in [-0.4, -0.2) is 86.1 Å². The lowest BCUT2D eigenvalue weighted by molar-refractivity contribution is 0.107. The van der Waals surface area contributed by atoms with Gasteiger partial charge in [-0.2, -0.15) is 0 Å². The fraction of sp³-hybridized carbons (Fsp3) is 0.708. The SMILES string of the molecule is CCN1CCN(C(C)CNC(=NC)NCc2ccc(CN3CCCCC3)cc2)CC1.I. The number of rotatable bonds is 8. The Hall–Kier alpha value is -0.900. The largest absolute Gasteiger partial charge is 0.355 e. The van der Waals surface area contributed by atoms with Gasteiger partial charge in [-0.1, -0.05) is 37.6 Å². The van der Waals surface area contributed by atoms with Crippen LogP contribution in [-0.2, 0) is 13.1 Å². The summed E-state index contributed by atoms with van der Waals surface area (Å²) in [6.45, 7) is 15.7. The summed E-state index contributed by atoms with van der Waals surface area (Å²) in [6.07, 6.45) is 4.09. The van der Waals surface area contributed by atoms with Crippen LogP contribution in [0, 0.1) is 0 Å². The van der Waals surface area contributed by atoms with Crippen LogP contribution in [0.15, 0.2) is 29.3 Å². The van der Waals surface area contributed by atoms with Crippen molar-refractivity contribution in [2.75, 3.05) is 59.4 Å². The number of halogens is 1. The maximum Gasteiger partial charge on any atom is 0.191 e. The lowest BCUT2D eigenvalue weighted by Gasteiger charge is -2.37. The number of nitrogens with zero attached hydrogens (tertiary/aromatic N) is 4. The van der Waals surface area contributed by atoms with Crippen LogP contribution in [0.4, 0.5) is 0 Å². The van der Waals surface area contributed by atoms with Crippen LogP contribution in [0.2, 0.25) is 0 Å². The number of guanidine groups is 1. The minimum Gasteiger partial charge on any atom is -0.355 e. The Labute approximate surface area is 206 Å². The predicted molar refractivity (Wildman–Crippen MR) is 142 cm³/mol. The summed E-state index contributed by atoms with van der Waals surface area (Å²) >= 11 is 0. The van der Waals surface area contributed by atoms with Gasteiger partial charge < -0.3 is 15.5 Å². The monoisotopic (exact) mass is 542 g/mol. The average molecular weight is 543 g/mol. The molecule has 2 aliphatic heterocycles. The molecule has 0 aliphatic carbocycles. The first-order valence-corrected chi connectivity index (χ1v) is 11.9. The van der Waals surface area contributed by atoms with Crippen LogP contribution in [0.1, 0.15) is 44.2 Å². The molecule has 31 heavy (non-hydrogen) atoms. The molecule has 2 fully saturated rings. The summed E-state index contributed by atoms with van der Waals surface area (Å²) in [5.74, 6) is 0.881. The van der Waals surface area contributed by atoms with Gasteiger partial charge in [-0.15, -0.1) is 24.0 Å². The number of benzene rings is 1. The molecule has 176 valence electrons. The lowest BCUT2D eigenvalue weighted by Crippen LogP contribution is -2.53. The Balaban J connectivity index is 0.00000341. The van der Waals surface area contributed by atoms with Gasteiger partial charge in [0.05, 0.1) is 0 Å². The quantitative estimate of drug-likeness (QED) is 0.301. The first-order valence-electron chi connectivity index (χ1n) is 11.9. The maximum atomic E-state index is 4.40. The number of piperidine rings is 1. The van der Waals surface area contributed by atoms with Gasteiger partial charge in [0, 0.05) is 58.9 Å². The molecule has 2 saturated heterocycles. The number of nitrogens with one attached hydrogen (secondary N) is 2. The van der Waals surface area contributed by atoms with E-state index >= 15 is 0 Å². The van der Waals surface area contributed by atoms with Crippen LogP contribution in [0.3, 0.4) is 0 Å². The van der Waals surface area contributed by atoms with E-state index in [0.29, 0.717) is 6.04 Å². The summed E-state index contributed by atoms with van der Waals surface area (Å²) in [4.78, 5) is 12.1. The van der Waals surface area contributed by atoms with Crippen molar-refractivity contribution in [3.05, 3.63) is 35.4 Å². The molecular formula is C24H43IN6. The smallest absolute Gasteiger partial charge is 0.191 e. The molecular weight excluding hydrogens is 499 g/mol. The molecule has 1 aromatic carbocycles. The van der Waals surface area contributed by atoms with Gasteiger partial charge in [-0.3, -0.25) is 14.8 Å². The highest BCUT2D eigenvalue weighted by molar-refractivity contribution is 14.0. The second-order valence-electron chi connectivity index (χ2n) is 8.78. The standard InChI is InChI=1S/C24H42N6.HI/c1-4-28-14-16-30(17-15-28)21(2)18-26-24(25-3)27-19-22-8-10-23(11-9-22)20-29-12-6-5-7-13-29;/h8-11,21H,4-7,12-20H2,1-3H3,(H2,25,26,27);1H. The molecule has 1 unspecified atom stereocenters. The molecule has 6 nitrogen and oxygen atoms in total. The van der Waals surface area contributed by atoms with Gasteiger partial charge in [-0.05, 0) is 50.5 Å². The molecule has 7 heteroatoms. The van der Waals surface area contributed by atoms with E-state index in [1.165, 1.54) is 56.6 Å². The molecule has 2 N–H and O–H groups in total. The number of likely N-dealkylation sites (tertiary alicyclic amines) is 1. The normalized spacial score (nSPS) is 20.2. The van der Waals surface area contributed by atoms with Gasteiger partial charge in [0.1, 0.15) is 0 Å². The van der Waals surface area contributed by atoms with Crippen molar-refractivity contribution >= 4 is 29.9 Å². The van der Waals surface area contributed by atoms with E-state index < -0.39 is 0 Å². The number of likely N-dealkylation sites (N-methyl/N-ethyl adjacent to an activating group) is 1. The molecule has 0 saturated carbocycles. The van der Waals surface area contributed by atoms with Crippen LogP contribution >= 0.6 is 24.0 Å². The highest BCUT2D eigenvalue weighted by Crippen LogP contribution is 2.13. The minimum absolute atomic E-state index is 0. The fourth-order valence-electron chi connectivity index (χ4n) is 4.44. The summed E-state index contributed by atoms with van der Waals surface area (Å²) in [6, 6.07) is 9.56. The van der Waals surface area contributed by atoms with Gasteiger partial charge in [0.25, 0.3) is 0 Å². The summed E-state index contributed by atoms with van der Waals surface area (Å²) in [5, 5.41) is 6.97. The summed E-state index contributed by atoms with van der Waals surface area (Å²) in [5.41, 5.74) is 2.71. The molecule has 0 radical (unpaired) electrons. The molecule has 3 rings (SSSR count). The molecule has 0 amide bonds. The van der Waals surface area contributed by atoms with Crippen molar-refractivity contribution < 1.29 is 0 Å². The molecule has 0 aromatic heterocycles. The van der Waals surface area contributed by atoms with Crippen LogP contribution < -0.4 is 10.6 Å². The molecule has 2 heterocycles. The van der Waals surface area contributed by atoms with Crippen LogP contribution in [0.25, 0.3) is 0 Å². The number of hydrogen-bond acceptors (Lipinski definition) is 4. The molecule has 0 spiro atoms. The first-order chi connectivity index (χ1) is 14.7. The average Bonchev–Trinajstić information content (AvgIpc) is 2.80. The second kappa shape index (κ2) is 14.3. The Bertz CT molecular complexity index is 636. The van der Waals surface area contributed by atoms with E-state index in [2.05, 4.69) is 68.4 Å².